The molecule has 3 heteroatoms. The van der Waals surface area contributed by atoms with E-state index in [1.54, 1.807) is 12.1 Å². The molecule has 0 saturated heterocycles. The number of hydrogen-bond donors (Lipinski definition) is 1. The Balaban J connectivity index is 1.98. The van der Waals surface area contributed by atoms with E-state index >= 15 is 0 Å². The zero-order valence-corrected chi connectivity index (χ0v) is 12.6. The smallest absolute Gasteiger partial charge is 0.165 e. The topological polar surface area (TPSA) is 35.2 Å². The minimum Gasteiger partial charge on any atom is -0.487 e. The number of hydrogen-bond acceptors (Lipinski definition) is 2. The van der Waals surface area contributed by atoms with Crippen LogP contribution in [-0.2, 0) is 6.42 Å². The molecule has 0 amide bonds. The molecule has 2 rings (SSSR count). The van der Waals surface area contributed by atoms with Crippen LogP contribution in [0.15, 0.2) is 18.2 Å². The maximum absolute atomic E-state index is 14.1. The summed E-state index contributed by atoms with van der Waals surface area (Å²) in [6, 6.07) is 5.27. The van der Waals surface area contributed by atoms with Crippen LogP contribution in [0.5, 0.6) is 5.75 Å². The van der Waals surface area contributed by atoms with E-state index in [1.807, 2.05) is 13.0 Å². The van der Waals surface area contributed by atoms with Gasteiger partial charge in [0.2, 0.25) is 0 Å². The third kappa shape index (κ3) is 4.20. The fourth-order valence-corrected chi connectivity index (χ4v) is 3.04. The molecule has 0 aromatic heterocycles. The summed E-state index contributed by atoms with van der Waals surface area (Å²) in [5, 5.41) is 0. The third-order valence-corrected chi connectivity index (χ3v) is 4.16. The number of nitrogens with two attached hydrogens (primary N) is 1. The van der Waals surface area contributed by atoms with Gasteiger partial charge in [0.15, 0.2) is 11.6 Å². The van der Waals surface area contributed by atoms with Crippen molar-refractivity contribution < 1.29 is 9.13 Å². The van der Waals surface area contributed by atoms with Crippen molar-refractivity contribution in [3.63, 3.8) is 0 Å². The molecule has 0 heterocycles. The number of ether oxygens (including phenoxy) is 1. The van der Waals surface area contributed by atoms with Crippen molar-refractivity contribution in [2.24, 2.45) is 11.7 Å². The predicted molar refractivity (Wildman–Crippen MR) is 80.4 cm³/mol. The van der Waals surface area contributed by atoms with Crippen LogP contribution in [0.4, 0.5) is 4.39 Å². The molecule has 0 aliphatic heterocycles. The van der Waals surface area contributed by atoms with Crippen LogP contribution in [-0.4, -0.2) is 12.1 Å². The van der Waals surface area contributed by atoms with E-state index in [0.29, 0.717) is 12.2 Å². The Morgan fingerprint density at radius 3 is 2.85 bits per heavy atom. The van der Waals surface area contributed by atoms with Gasteiger partial charge in [-0.25, -0.2) is 4.39 Å². The van der Waals surface area contributed by atoms with Gasteiger partial charge in [0.05, 0.1) is 6.10 Å². The van der Waals surface area contributed by atoms with Crippen LogP contribution in [0.2, 0.25) is 0 Å². The van der Waals surface area contributed by atoms with Crippen molar-refractivity contribution in [1.29, 1.82) is 0 Å². The Kier molecular flexibility index (Phi) is 5.41. The molecule has 2 nitrogen and oxygen atoms in total. The molecule has 2 N–H and O–H groups in total. The Morgan fingerprint density at radius 1 is 1.40 bits per heavy atom. The molecule has 1 aromatic carbocycles. The summed E-state index contributed by atoms with van der Waals surface area (Å²) in [4.78, 5) is 0. The minimum absolute atomic E-state index is 0.0461. The lowest BCUT2D eigenvalue weighted by Gasteiger charge is -2.29. The van der Waals surface area contributed by atoms with Crippen LogP contribution in [0.3, 0.4) is 0 Å². The van der Waals surface area contributed by atoms with Crippen LogP contribution >= 0.6 is 0 Å². The highest BCUT2D eigenvalue weighted by Gasteiger charge is 2.23. The molecular weight excluding hydrogens is 253 g/mol. The second kappa shape index (κ2) is 7.07. The molecule has 1 aliphatic carbocycles. The van der Waals surface area contributed by atoms with Gasteiger partial charge in [-0.3, -0.25) is 0 Å². The summed E-state index contributed by atoms with van der Waals surface area (Å²) in [7, 11) is 0. The number of benzene rings is 1. The van der Waals surface area contributed by atoms with E-state index in [0.717, 1.165) is 24.3 Å². The van der Waals surface area contributed by atoms with Gasteiger partial charge in [-0.1, -0.05) is 25.8 Å². The molecule has 20 heavy (non-hydrogen) atoms. The quantitative estimate of drug-likeness (QED) is 0.882. The van der Waals surface area contributed by atoms with Gasteiger partial charge in [0.1, 0.15) is 0 Å². The van der Waals surface area contributed by atoms with E-state index in [2.05, 4.69) is 6.92 Å². The molecule has 1 fully saturated rings. The second-order valence-electron chi connectivity index (χ2n) is 6.13. The van der Waals surface area contributed by atoms with Crippen molar-refractivity contribution >= 4 is 0 Å². The largest absolute Gasteiger partial charge is 0.487 e. The van der Waals surface area contributed by atoms with Gasteiger partial charge in [-0.15, -0.1) is 0 Å². The van der Waals surface area contributed by atoms with E-state index < -0.39 is 0 Å². The zero-order valence-electron chi connectivity index (χ0n) is 12.6. The third-order valence-electron chi connectivity index (χ3n) is 4.16. The summed E-state index contributed by atoms with van der Waals surface area (Å²) < 4.78 is 19.9. The lowest BCUT2D eigenvalue weighted by atomic mass is 9.85. The minimum atomic E-state index is -0.262. The summed E-state index contributed by atoms with van der Waals surface area (Å²) in [5.74, 6) is 0.858. The molecule has 3 atom stereocenters. The lowest BCUT2D eigenvalue weighted by molar-refractivity contribution is 0.117. The highest BCUT2D eigenvalue weighted by Crippen LogP contribution is 2.30. The monoisotopic (exact) mass is 279 g/mol. The molecule has 3 unspecified atom stereocenters. The van der Waals surface area contributed by atoms with E-state index in [4.69, 9.17) is 10.5 Å². The molecular formula is C17H26FNO. The van der Waals surface area contributed by atoms with Gasteiger partial charge < -0.3 is 10.5 Å². The van der Waals surface area contributed by atoms with Crippen molar-refractivity contribution in [1.82, 2.24) is 0 Å². The standard InChI is InChI=1S/C17H26FNO/c1-3-13-5-4-6-15(10-13)20-17-8-7-14(9-12(2)19)11-16(17)18/h7-8,11-13,15H,3-6,9-10,19H2,1-2H3. The molecule has 112 valence electrons. The summed E-state index contributed by atoms with van der Waals surface area (Å²) in [6.45, 7) is 4.14. The van der Waals surface area contributed by atoms with E-state index in [1.165, 1.54) is 19.3 Å². The first-order valence-corrected chi connectivity index (χ1v) is 7.79. The first kappa shape index (κ1) is 15.3. The van der Waals surface area contributed by atoms with Gasteiger partial charge in [-0.2, -0.15) is 0 Å². The number of halogens is 1. The van der Waals surface area contributed by atoms with Crippen molar-refractivity contribution in [2.45, 2.75) is 64.5 Å². The molecule has 0 radical (unpaired) electrons. The molecule has 1 aromatic rings. The SMILES string of the molecule is CCC1CCCC(Oc2ccc(CC(C)N)cc2F)C1. The van der Waals surface area contributed by atoms with Gasteiger partial charge in [-0.05, 0) is 56.2 Å². The summed E-state index contributed by atoms with van der Waals surface area (Å²) in [5.41, 5.74) is 6.67. The first-order valence-electron chi connectivity index (χ1n) is 7.79. The highest BCUT2D eigenvalue weighted by atomic mass is 19.1. The molecule has 1 aliphatic rings. The van der Waals surface area contributed by atoms with Crippen molar-refractivity contribution in [3.8, 4) is 5.75 Å². The van der Waals surface area contributed by atoms with Crippen molar-refractivity contribution in [3.05, 3.63) is 29.6 Å². The Labute approximate surface area is 121 Å². The average molecular weight is 279 g/mol. The Bertz CT molecular complexity index is 433. The summed E-state index contributed by atoms with van der Waals surface area (Å²) in [6.07, 6.45) is 6.62. The molecule has 1 saturated carbocycles. The van der Waals surface area contributed by atoms with Crippen LogP contribution in [0, 0.1) is 11.7 Å². The lowest BCUT2D eigenvalue weighted by Crippen LogP contribution is -2.25. The maximum Gasteiger partial charge on any atom is 0.165 e. The van der Waals surface area contributed by atoms with Crippen molar-refractivity contribution in [2.75, 3.05) is 0 Å². The summed E-state index contributed by atoms with van der Waals surface area (Å²) >= 11 is 0. The van der Waals surface area contributed by atoms with Crippen LogP contribution in [0.1, 0.15) is 51.5 Å². The normalized spacial score (nSPS) is 24.4. The average Bonchev–Trinajstić information content (AvgIpc) is 2.41. The highest BCUT2D eigenvalue weighted by molar-refractivity contribution is 5.30. The maximum atomic E-state index is 14.1. The van der Waals surface area contributed by atoms with E-state index in [-0.39, 0.29) is 18.0 Å². The zero-order chi connectivity index (χ0) is 14.5. The molecule has 0 spiro atoms. The Hall–Kier alpha value is -1.09. The molecule has 0 bridgehead atoms. The first-order chi connectivity index (χ1) is 9.58. The van der Waals surface area contributed by atoms with Gasteiger partial charge in [0, 0.05) is 6.04 Å². The van der Waals surface area contributed by atoms with Crippen LogP contribution < -0.4 is 10.5 Å². The van der Waals surface area contributed by atoms with Crippen LogP contribution in [0.25, 0.3) is 0 Å². The second-order valence-corrected chi connectivity index (χ2v) is 6.13. The fraction of sp³-hybridized carbons (Fsp3) is 0.647. The van der Waals surface area contributed by atoms with Gasteiger partial charge in [0.25, 0.3) is 0 Å². The predicted octanol–water partition coefficient (Wildman–Crippen LogP) is 4.06. The van der Waals surface area contributed by atoms with E-state index in [9.17, 15) is 4.39 Å². The number of rotatable bonds is 5. The fourth-order valence-electron chi connectivity index (χ4n) is 3.04. The van der Waals surface area contributed by atoms with Gasteiger partial charge >= 0.3 is 0 Å². The Morgan fingerprint density at radius 2 is 2.20 bits per heavy atom.